The van der Waals surface area contributed by atoms with Crippen molar-refractivity contribution >= 4 is 45.0 Å². The van der Waals surface area contributed by atoms with E-state index in [4.69, 9.17) is 21.1 Å². The summed E-state index contributed by atoms with van der Waals surface area (Å²) in [7, 11) is 2.99. The molecule has 0 spiro atoms. The minimum absolute atomic E-state index is 0.0270. The molecule has 0 aliphatic carbocycles. The molecule has 0 aromatic heterocycles. The van der Waals surface area contributed by atoms with Crippen molar-refractivity contribution in [3.63, 3.8) is 0 Å². The molecule has 0 fully saturated rings. The zero-order valence-electron chi connectivity index (χ0n) is 14.1. The van der Waals surface area contributed by atoms with Crippen LogP contribution in [0.25, 0.3) is 5.03 Å². The van der Waals surface area contributed by atoms with Gasteiger partial charge in [-0.15, -0.1) is 0 Å². The molecule has 0 aliphatic rings. The van der Waals surface area contributed by atoms with Gasteiger partial charge in [-0.25, -0.2) is 0 Å². The first-order chi connectivity index (χ1) is 12.5. The Bertz CT molecular complexity index is 912. The third-order valence-corrected chi connectivity index (χ3v) is 4.59. The van der Waals surface area contributed by atoms with Crippen LogP contribution >= 0.6 is 34.2 Å². The van der Waals surface area contributed by atoms with Gasteiger partial charge in [0.2, 0.25) is 5.78 Å². The Morgan fingerprint density at radius 1 is 1.04 bits per heavy atom. The van der Waals surface area contributed by atoms with Crippen molar-refractivity contribution in [2.45, 2.75) is 0 Å². The summed E-state index contributed by atoms with van der Waals surface area (Å²) < 4.78 is 11.4. The second-order valence-corrected chi connectivity index (χ2v) is 6.77. The molecule has 0 N–H and O–H groups in total. The van der Waals surface area contributed by atoms with Crippen LogP contribution in [0.4, 0.5) is 0 Å². The largest absolute Gasteiger partial charge is 0.493 e. The highest BCUT2D eigenvalue weighted by molar-refractivity contribution is 14.1. The number of carbonyl (C=O) groups is 1. The molecule has 0 amide bonds. The van der Waals surface area contributed by atoms with Crippen LogP contribution in [-0.2, 0) is 0 Å². The summed E-state index contributed by atoms with van der Waals surface area (Å²) in [4.78, 5) is 12.6. The minimum atomic E-state index is -0.420. The predicted molar refractivity (Wildman–Crippen MR) is 111 cm³/mol. The monoisotopic (exact) mass is 479 g/mol. The van der Waals surface area contributed by atoms with Gasteiger partial charge < -0.3 is 9.47 Å². The van der Waals surface area contributed by atoms with E-state index >= 15 is 0 Å². The fourth-order valence-electron chi connectivity index (χ4n) is 2.16. The Morgan fingerprint density at radius 3 is 2.23 bits per heavy atom. The van der Waals surface area contributed by atoms with E-state index in [1.54, 1.807) is 18.2 Å². The van der Waals surface area contributed by atoms with E-state index in [1.165, 1.54) is 26.4 Å². The number of hydrogen-bond acceptors (Lipinski definition) is 4. The number of rotatable bonds is 6. The molecule has 0 unspecified atom stereocenters. The number of Topliss-reactive ketones (excluding diaryl/α,β-unsaturated/α-hetero) is 1. The van der Waals surface area contributed by atoms with E-state index < -0.39 is 5.78 Å². The molecule has 26 heavy (non-hydrogen) atoms. The zero-order valence-corrected chi connectivity index (χ0v) is 17.0. The summed E-state index contributed by atoms with van der Waals surface area (Å²) in [5.41, 5.74) is 1.11. The average Bonchev–Trinajstić information content (AvgIpc) is 2.67. The van der Waals surface area contributed by atoms with Crippen molar-refractivity contribution < 1.29 is 14.3 Å². The van der Waals surface area contributed by atoms with E-state index in [9.17, 15) is 10.1 Å². The lowest BCUT2D eigenvalue weighted by Crippen LogP contribution is -2.03. The van der Waals surface area contributed by atoms with Gasteiger partial charge in [0.1, 0.15) is 6.07 Å². The second-order valence-electron chi connectivity index (χ2n) is 5.11. The molecule has 0 heterocycles. The quantitative estimate of drug-likeness (QED) is 0.187. The Morgan fingerprint density at radius 2 is 1.65 bits per heavy atom. The summed E-state index contributed by atoms with van der Waals surface area (Å²) >= 11 is 8.46. The lowest BCUT2D eigenvalue weighted by molar-refractivity contribution is 0.103. The first kappa shape index (κ1) is 20.0. The molecule has 0 atom stereocenters. The number of allylic oxidation sites excluding steroid dienone is 3. The Kier molecular flexibility index (Phi) is 7.25. The fraction of sp³-hybridized carbons (Fsp3) is 0.100. The number of benzene rings is 2. The van der Waals surface area contributed by atoms with Crippen molar-refractivity contribution in [3.8, 4) is 17.6 Å². The van der Waals surface area contributed by atoms with Crippen molar-refractivity contribution in [2.75, 3.05) is 14.2 Å². The van der Waals surface area contributed by atoms with Gasteiger partial charge in [0.15, 0.2) is 11.5 Å². The van der Waals surface area contributed by atoms with E-state index in [1.807, 2.05) is 30.3 Å². The number of carbonyl (C=O) groups excluding carboxylic acids is 1. The number of halogens is 2. The molecule has 0 saturated carbocycles. The van der Waals surface area contributed by atoms with Crippen LogP contribution < -0.4 is 9.47 Å². The van der Waals surface area contributed by atoms with Crippen LogP contribution in [0.2, 0.25) is 0 Å². The normalized spacial score (nSPS) is 11.7. The van der Waals surface area contributed by atoms with Gasteiger partial charge >= 0.3 is 0 Å². The average molecular weight is 480 g/mol. The third-order valence-electron chi connectivity index (χ3n) is 3.53. The highest BCUT2D eigenvalue weighted by atomic mass is 127. The maximum atomic E-state index is 12.6. The summed E-state index contributed by atoms with van der Waals surface area (Å²) in [5, 5.41) is 9.78. The molecular weight excluding hydrogens is 465 g/mol. The van der Waals surface area contributed by atoms with Crippen molar-refractivity contribution in [2.24, 2.45) is 0 Å². The van der Waals surface area contributed by atoms with Crippen LogP contribution in [0.5, 0.6) is 11.5 Å². The molecule has 2 aromatic carbocycles. The lowest BCUT2D eigenvalue weighted by Gasteiger charge is -2.08. The topological polar surface area (TPSA) is 59.3 Å². The van der Waals surface area contributed by atoms with E-state index in [-0.39, 0.29) is 5.57 Å². The Balaban J connectivity index is 2.31. The molecule has 4 nitrogen and oxygen atoms in total. The molecule has 0 aliphatic heterocycles. The number of ether oxygens (including phenoxy) is 2. The number of nitrogens with zero attached hydrogens (tertiary/aromatic N) is 1. The minimum Gasteiger partial charge on any atom is -0.493 e. The van der Waals surface area contributed by atoms with Crippen LogP contribution in [0.1, 0.15) is 15.9 Å². The lowest BCUT2D eigenvalue weighted by atomic mass is 10.0. The zero-order chi connectivity index (χ0) is 19.1. The number of nitriles is 1. The molecule has 0 bridgehead atoms. The maximum Gasteiger partial charge on any atom is 0.203 e. The smallest absolute Gasteiger partial charge is 0.203 e. The van der Waals surface area contributed by atoms with Crippen molar-refractivity contribution in [1.82, 2.24) is 0 Å². The van der Waals surface area contributed by atoms with Gasteiger partial charge in [-0.1, -0.05) is 23.7 Å². The van der Waals surface area contributed by atoms with Gasteiger partial charge in [0.05, 0.1) is 19.8 Å². The highest BCUT2D eigenvalue weighted by Crippen LogP contribution is 2.28. The molecule has 2 aromatic rings. The standard InChI is InChI=1S/C20H15ClINO3/c1-25-18-10-6-14(11-19(18)26-2)20(24)15(12-23)5-9-17(21)13-3-7-16(22)8-4-13/h3-11H,1-2H3/b15-5-,17-9+. The highest BCUT2D eigenvalue weighted by Gasteiger charge is 2.14. The van der Waals surface area contributed by atoms with Gasteiger partial charge in [-0.2, -0.15) is 5.26 Å². The molecule has 0 radical (unpaired) electrons. The maximum absolute atomic E-state index is 12.6. The molecule has 132 valence electrons. The van der Waals surface area contributed by atoms with Gasteiger partial charge in [-0.05, 0) is 70.6 Å². The first-order valence-corrected chi connectivity index (χ1v) is 8.96. The van der Waals surface area contributed by atoms with Crippen LogP contribution in [0.15, 0.2) is 60.2 Å². The van der Waals surface area contributed by atoms with Crippen LogP contribution in [-0.4, -0.2) is 20.0 Å². The Hall–Kier alpha value is -2.30. The number of hydrogen-bond donors (Lipinski definition) is 0. The molecular formula is C20H15ClINO3. The van der Waals surface area contributed by atoms with E-state index in [0.717, 1.165) is 9.13 Å². The summed E-state index contributed by atoms with van der Waals surface area (Å²) in [6.45, 7) is 0. The molecule has 6 heteroatoms. The summed E-state index contributed by atoms with van der Waals surface area (Å²) in [6.07, 6.45) is 2.96. The van der Waals surface area contributed by atoms with Crippen LogP contribution in [0.3, 0.4) is 0 Å². The van der Waals surface area contributed by atoms with E-state index in [0.29, 0.717) is 22.1 Å². The first-order valence-electron chi connectivity index (χ1n) is 7.50. The summed E-state index contributed by atoms with van der Waals surface area (Å²) in [5.74, 6) is 0.507. The summed E-state index contributed by atoms with van der Waals surface area (Å²) in [6, 6.07) is 14.3. The van der Waals surface area contributed by atoms with Crippen molar-refractivity contribution in [1.29, 1.82) is 5.26 Å². The number of methoxy groups -OCH3 is 2. The van der Waals surface area contributed by atoms with Crippen LogP contribution in [0, 0.1) is 14.9 Å². The van der Waals surface area contributed by atoms with Gasteiger partial charge in [-0.3, -0.25) is 4.79 Å². The predicted octanol–water partition coefficient (Wildman–Crippen LogP) is 5.22. The molecule has 2 rings (SSSR count). The third kappa shape index (κ3) is 4.87. The van der Waals surface area contributed by atoms with E-state index in [2.05, 4.69) is 22.6 Å². The number of ketones is 1. The van der Waals surface area contributed by atoms with Crippen molar-refractivity contribution in [3.05, 3.63) is 74.9 Å². The Labute approximate surface area is 170 Å². The SMILES string of the molecule is COc1ccc(C(=O)/C(C#N)=C\C=C(\Cl)c2ccc(I)cc2)cc1OC. The second kappa shape index (κ2) is 9.41. The van der Waals surface area contributed by atoms with Gasteiger partial charge in [0, 0.05) is 14.2 Å². The molecule has 0 saturated heterocycles. The fourth-order valence-corrected chi connectivity index (χ4v) is 2.71. The van der Waals surface area contributed by atoms with Gasteiger partial charge in [0.25, 0.3) is 0 Å².